The minimum absolute atomic E-state index is 0.0964. The molecule has 1 fully saturated rings. The molecule has 1 aromatic rings. The van der Waals surface area contributed by atoms with E-state index in [4.69, 9.17) is 4.98 Å². The number of nitrogens with one attached hydrogen (secondary N) is 1. The molecule has 1 aromatic heterocycles. The smallest absolute Gasteiger partial charge is 0.113 e. The summed E-state index contributed by atoms with van der Waals surface area (Å²) >= 11 is 1.90. The van der Waals surface area contributed by atoms with E-state index < -0.39 is 0 Å². The number of aryl methyl sites for hydroxylation is 2. The maximum Gasteiger partial charge on any atom is 0.113 e. The van der Waals surface area contributed by atoms with E-state index in [-0.39, 0.29) is 5.54 Å². The molecule has 108 valence electrons. The van der Waals surface area contributed by atoms with Crippen LogP contribution in [0.25, 0.3) is 0 Å². The Kier molecular flexibility index (Phi) is 5.02. The molecule has 1 atom stereocenters. The van der Waals surface area contributed by atoms with Crippen LogP contribution in [0.1, 0.15) is 74.9 Å². The normalized spacial score (nSPS) is 18.5. The van der Waals surface area contributed by atoms with Crippen molar-refractivity contribution in [2.24, 2.45) is 0 Å². The fourth-order valence-corrected chi connectivity index (χ4v) is 3.78. The van der Waals surface area contributed by atoms with Gasteiger partial charge in [0.25, 0.3) is 0 Å². The van der Waals surface area contributed by atoms with Crippen LogP contribution in [0.4, 0.5) is 0 Å². The number of aromatic nitrogens is 1. The number of thiazole rings is 1. The van der Waals surface area contributed by atoms with Gasteiger partial charge < -0.3 is 5.32 Å². The third-order valence-electron chi connectivity index (χ3n) is 4.08. The Labute approximate surface area is 122 Å². The first-order valence-corrected chi connectivity index (χ1v) is 8.65. The van der Waals surface area contributed by atoms with Gasteiger partial charge in [-0.1, -0.05) is 33.1 Å². The molecule has 1 aliphatic carbocycles. The molecule has 1 heterocycles. The van der Waals surface area contributed by atoms with Gasteiger partial charge in [-0.25, -0.2) is 4.98 Å². The standard InChI is InChI=1S/C16H28N2S/c1-5-7-8-11-16(4,18-13-9-10-13)15-17-14(6-2)12(3)19-15/h13,18H,5-11H2,1-4H3. The van der Waals surface area contributed by atoms with E-state index in [1.807, 2.05) is 11.3 Å². The Morgan fingerprint density at radius 1 is 1.32 bits per heavy atom. The van der Waals surface area contributed by atoms with Gasteiger partial charge in [-0.05, 0) is 39.5 Å². The van der Waals surface area contributed by atoms with Crippen LogP contribution in [-0.2, 0) is 12.0 Å². The summed E-state index contributed by atoms with van der Waals surface area (Å²) in [5.41, 5.74) is 1.39. The van der Waals surface area contributed by atoms with Crippen molar-refractivity contribution in [3.05, 3.63) is 15.6 Å². The molecule has 0 aliphatic heterocycles. The van der Waals surface area contributed by atoms with E-state index in [1.54, 1.807) is 0 Å². The van der Waals surface area contributed by atoms with Crippen LogP contribution in [0.2, 0.25) is 0 Å². The van der Waals surface area contributed by atoms with Crippen molar-refractivity contribution in [3.8, 4) is 0 Å². The monoisotopic (exact) mass is 280 g/mol. The summed E-state index contributed by atoms with van der Waals surface area (Å²) in [5, 5.41) is 5.17. The molecule has 1 saturated carbocycles. The molecule has 19 heavy (non-hydrogen) atoms. The van der Waals surface area contributed by atoms with Crippen LogP contribution in [0, 0.1) is 6.92 Å². The Morgan fingerprint density at radius 2 is 2.05 bits per heavy atom. The van der Waals surface area contributed by atoms with E-state index in [1.165, 1.54) is 54.1 Å². The summed E-state index contributed by atoms with van der Waals surface area (Å²) in [4.78, 5) is 6.32. The topological polar surface area (TPSA) is 24.9 Å². The highest BCUT2D eigenvalue weighted by atomic mass is 32.1. The SMILES string of the molecule is CCCCCC(C)(NC1CC1)c1nc(CC)c(C)s1. The summed E-state index contributed by atoms with van der Waals surface area (Å²) in [5.74, 6) is 0. The first kappa shape index (κ1) is 15.0. The van der Waals surface area contributed by atoms with Gasteiger partial charge in [-0.3, -0.25) is 0 Å². The lowest BCUT2D eigenvalue weighted by Crippen LogP contribution is -2.41. The summed E-state index contributed by atoms with van der Waals surface area (Å²) < 4.78 is 0. The molecule has 2 nitrogen and oxygen atoms in total. The van der Waals surface area contributed by atoms with Crippen molar-refractivity contribution in [1.29, 1.82) is 0 Å². The average molecular weight is 280 g/mol. The Bertz CT molecular complexity index is 409. The van der Waals surface area contributed by atoms with Crippen molar-refractivity contribution in [1.82, 2.24) is 10.3 Å². The van der Waals surface area contributed by atoms with Crippen molar-refractivity contribution < 1.29 is 0 Å². The molecule has 0 bridgehead atoms. The minimum atomic E-state index is 0.0964. The van der Waals surface area contributed by atoms with Crippen molar-refractivity contribution in [3.63, 3.8) is 0 Å². The summed E-state index contributed by atoms with van der Waals surface area (Å²) in [6, 6.07) is 0.737. The van der Waals surface area contributed by atoms with E-state index in [0.717, 1.165) is 12.5 Å². The lowest BCUT2D eigenvalue weighted by Gasteiger charge is -2.29. The third-order valence-corrected chi connectivity index (χ3v) is 5.36. The lowest BCUT2D eigenvalue weighted by molar-refractivity contribution is 0.322. The third kappa shape index (κ3) is 3.79. The van der Waals surface area contributed by atoms with Crippen molar-refractivity contribution in [2.75, 3.05) is 0 Å². The van der Waals surface area contributed by atoms with Crippen LogP contribution in [0.15, 0.2) is 0 Å². The van der Waals surface area contributed by atoms with Gasteiger partial charge >= 0.3 is 0 Å². The summed E-state index contributed by atoms with van der Waals surface area (Å²) in [7, 11) is 0. The van der Waals surface area contributed by atoms with E-state index in [0.29, 0.717) is 0 Å². The Balaban J connectivity index is 2.13. The van der Waals surface area contributed by atoms with E-state index in [9.17, 15) is 0 Å². The quantitative estimate of drug-likeness (QED) is 0.706. The highest BCUT2D eigenvalue weighted by molar-refractivity contribution is 7.11. The largest absolute Gasteiger partial charge is 0.303 e. The molecule has 0 spiro atoms. The lowest BCUT2D eigenvalue weighted by atomic mass is 9.94. The van der Waals surface area contributed by atoms with Gasteiger partial charge in [-0.2, -0.15) is 0 Å². The zero-order valence-electron chi connectivity index (χ0n) is 12.9. The molecule has 1 aliphatic rings. The second-order valence-corrected chi connectivity index (χ2v) is 7.29. The average Bonchev–Trinajstić information content (AvgIpc) is 3.09. The van der Waals surface area contributed by atoms with Crippen LogP contribution >= 0.6 is 11.3 Å². The highest BCUT2D eigenvalue weighted by Gasteiger charge is 2.35. The molecule has 2 rings (SSSR count). The Morgan fingerprint density at radius 3 is 2.58 bits per heavy atom. The molecular weight excluding hydrogens is 252 g/mol. The molecule has 0 saturated heterocycles. The zero-order chi connectivity index (χ0) is 13.9. The van der Waals surface area contributed by atoms with Crippen LogP contribution in [0.5, 0.6) is 0 Å². The van der Waals surface area contributed by atoms with Gasteiger partial charge in [-0.15, -0.1) is 11.3 Å². The van der Waals surface area contributed by atoms with Crippen LogP contribution < -0.4 is 5.32 Å². The predicted molar refractivity (Wildman–Crippen MR) is 83.9 cm³/mol. The molecule has 1 unspecified atom stereocenters. The first-order chi connectivity index (χ1) is 9.09. The zero-order valence-corrected chi connectivity index (χ0v) is 13.7. The number of hydrogen-bond acceptors (Lipinski definition) is 3. The van der Waals surface area contributed by atoms with E-state index in [2.05, 4.69) is 33.0 Å². The second-order valence-electron chi connectivity index (χ2n) is 6.08. The molecule has 0 aromatic carbocycles. The number of nitrogens with zero attached hydrogens (tertiary/aromatic N) is 1. The van der Waals surface area contributed by atoms with Gasteiger partial charge in [0.1, 0.15) is 5.01 Å². The fraction of sp³-hybridized carbons (Fsp3) is 0.812. The second kappa shape index (κ2) is 6.36. The van der Waals surface area contributed by atoms with E-state index >= 15 is 0 Å². The number of rotatable bonds is 8. The number of unbranched alkanes of at least 4 members (excludes halogenated alkanes) is 2. The number of hydrogen-bond donors (Lipinski definition) is 1. The maximum absolute atomic E-state index is 4.92. The molecule has 1 N–H and O–H groups in total. The molecule has 0 amide bonds. The maximum atomic E-state index is 4.92. The van der Waals surface area contributed by atoms with Crippen molar-refractivity contribution in [2.45, 2.75) is 84.2 Å². The highest BCUT2D eigenvalue weighted by Crippen LogP contribution is 2.35. The molecule has 0 radical (unpaired) electrons. The van der Waals surface area contributed by atoms with Gasteiger partial charge in [0.2, 0.25) is 0 Å². The summed E-state index contributed by atoms with van der Waals surface area (Å²) in [6.07, 6.45) is 8.86. The predicted octanol–water partition coefficient (Wildman–Crippen LogP) is 4.56. The van der Waals surface area contributed by atoms with Crippen LogP contribution in [-0.4, -0.2) is 11.0 Å². The molecule has 3 heteroatoms. The summed E-state index contributed by atoms with van der Waals surface area (Å²) in [6.45, 7) is 9.05. The van der Waals surface area contributed by atoms with Gasteiger partial charge in [0.15, 0.2) is 0 Å². The van der Waals surface area contributed by atoms with Crippen molar-refractivity contribution >= 4 is 11.3 Å². The molecular formula is C16H28N2S. The Hall–Kier alpha value is -0.410. The van der Waals surface area contributed by atoms with Gasteiger partial charge in [0, 0.05) is 10.9 Å². The minimum Gasteiger partial charge on any atom is -0.303 e. The van der Waals surface area contributed by atoms with Crippen LogP contribution in [0.3, 0.4) is 0 Å². The first-order valence-electron chi connectivity index (χ1n) is 7.83. The fourth-order valence-electron chi connectivity index (χ4n) is 2.64. The van der Waals surface area contributed by atoms with Gasteiger partial charge in [0.05, 0.1) is 11.2 Å².